The van der Waals surface area contributed by atoms with Crippen LogP contribution >= 0.6 is 15.9 Å². The number of nitrogens with zero attached hydrogens (tertiary/aromatic N) is 1. The van der Waals surface area contributed by atoms with Gasteiger partial charge in [0, 0.05) is 10.7 Å². The Labute approximate surface area is 81.3 Å². The molecule has 0 bridgehead atoms. The molecule has 0 spiro atoms. The van der Waals surface area contributed by atoms with Gasteiger partial charge in [-0.15, -0.1) is 0 Å². The van der Waals surface area contributed by atoms with E-state index in [1.807, 2.05) is 13.8 Å². The fourth-order valence-electron chi connectivity index (χ4n) is 0.826. The minimum absolute atomic E-state index is 0.0751. The molecule has 0 amide bonds. The summed E-state index contributed by atoms with van der Waals surface area (Å²) >= 11 is 3.39. The van der Waals surface area contributed by atoms with Crippen LogP contribution in [0.5, 0.6) is 0 Å². The second-order valence-corrected chi connectivity index (χ2v) is 3.84. The van der Waals surface area contributed by atoms with Gasteiger partial charge in [-0.25, -0.2) is 4.39 Å². The van der Waals surface area contributed by atoms with Crippen LogP contribution in [0.3, 0.4) is 0 Å². The highest BCUT2D eigenvalue weighted by atomic mass is 79.9. The number of halogens is 2. The van der Waals surface area contributed by atoms with Crippen LogP contribution in [0.15, 0.2) is 5.16 Å². The summed E-state index contributed by atoms with van der Waals surface area (Å²) in [5.74, 6) is -0.0751. The van der Waals surface area contributed by atoms with Crippen molar-refractivity contribution in [3.8, 4) is 0 Å². The first-order valence-corrected chi connectivity index (χ1v) is 4.89. The summed E-state index contributed by atoms with van der Waals surface area (Å²) in [6, 6.07) is 0. The Morgan fingerprint density at radius 2 is 2.25 bits per heavy atom. The van der Waals surface area contributed by atoms with Crippen LogP contribution in [0.1, 0.15) is 20.3 Å². The Morgan fingerprint density at radius 1 is 1.67 bits per heavy atom. The van der Waals surface area contributed by atoms with Gasteiger partial charge >= 0.3 is 0 Å². The average molecular weight is 240 g/mol. The Balaban J connectivity index is 3.91. The molecule has 3 atom stereocenters. The molecule has 0 aromatic rings. The van der Waals surface area contributed by atoms with Gasteiger partial charge in [-0.2, -0.15) is 0 Å². The van der Waals surface area contributed by atoms with Gasteiger partial charge in [0.25, 0.3) is 0 Å². The van der Waals surface area contributed by atoms with E-state index in [-0.39, 0.29) is 10.7 Å². The predicted octanol–water partition coefficient (Wildman–Crippen LogP) is 2.77. The molecule has 0 aromatic carbocycles. The first-order valence-electron chi connectivity index (χ1n) is 3.98. The number of hydrogen-bond acceptors (Lipinski definition) is 2. The van der Waals surface area contributed by atoms with Crippen LogP contribution in [-0.4, -0.2) is 24.3 Å². The molecule has 0 aromatic heterocycles. The van der Waals surface area contributed by atoms with E-state index in [0.717, 1.165) is 6.42 Å². The molecule has 4 heteroatoms. The Hall–Kier alpha value is -0.120. The van der Waals surface area contributed by atoms with Gasteiger partial charge in [-0.3, -0.25) is 0 Å². The van der Waals surface area contributed by atoms with Crippen molar-refractivity contribution in [3.05, 3.63) is 0 Å². The summed E-state index contributed by atoms with van der Waals surface area (Å²) in [4.78, 5) is 4.58. The molecule has 0 N–H and O–H groups in total. The lowest BCUT2D eigenvalue weighted by Crippen LogP contribution is -2.22. The molecule has 0 saturated heterocycles. The maximum atomic E-state index is 13.2. The third-order valence-electron chi connectivity index (χ3n) is 1.77. The van der Waals surface area contributed by atoms with Crippen molar-refractivity contribution in [2.24, 2.45) is 11.1 Å². The van der Waals surface area contributed by atoms with Gasteiger partial charge in [0.1, 0.15) is 13.3 Å². The van der Waals surface area contributed by atoms with Crippen LogP contribution in [-0.2, 0) is 4.84 Å². The molecule has 12 heavy (non-hydrogen) atoms. The Bertz CT molecular complexity index is 143. The van der Waals surface area contributed by atoms with Crippen LogP contribution in [0.2, 0.25) is 0 Å². The Kier molecular flexibility index (Phi) is 6.34. The van der Waals surface area contributed by atoms with Crippen molar-refractivity contribution in [1.82, 2.24) is 0 Å². The number of oxime groups is 1. The second-order valence-electron chi connectivity index (χ2n) is 2.66. The fraction of sp³-hybridized carbons (Fsp3) is 0.875. The molecule has 2 nitrogen and oxygen atoms in total. The molecule has 0 heterocycles. The summed E-state index contributed by atoms with van der Waals surface area (Å²) < 4.78 is 13.2. The van der Waals surface area contributed by atoms with Gasteiger partial charge in [0.05, 0.1) is 6.21 Å². The number of rotatable bonds is 5. The predicted molar refractivity (Wildman–Crippen MR) is 52.6 cm³/mol. The van der Waals surface area contributed by atoms with E-state index in [2.05, 4.69) is 25.9 Å². The summed E-state index contributed by atoms with van der Waals surface area (Å²) in [5.41, 5.74) is 0. The molecule has 0 aliphatic rings. The zero-order valence-electron chi connectivity index (χ0n) is 7.63. The second kappa shape index (κ2) is 6.40. The van der Waals surface area contributed by atoms with Gasteiger partial charge in [0.15, 0.2) is 0 Å². The third-order valence-corrected chi connectivity index (χ3v) is 3.25. The largest absolute Gasteiger partial charge is 0.399 e. The van der Waals surface area contributed by atoms with Crippen LogP contribution in [0, 0.1) is 5.92 Å². The molecule has 0 aliphatic carbocycles. The molecule has 72 valence electrons. The van der Waals surface area contributed by atoms with E-state index in [1.165, 1.54) is 13.3 Å². The normalized spacial score (nSPS) is 19.1. The van der Waals surface area contributed by atoms with Crippen molar-refractivity contribution >= 4 is 22.1 Å². The van der Waals surface area contributed by atoms with E-state index in [0.29, 0.717) is 0 Å². The molecule has 0 saturated carbocycles. The lowest BCUT2D eigenvalue weighted by molar-refractivity contribution is 0.208. The van der Waals surface area contributed by atoms with Crippen molar-refractivity contribution in [3.63, 3.8) is 0 Å². The molecule has 0 aliphatic heterocycles. The highest BCUT2D eigenvalue weighted by molar-refractivity contribution is 9.09. The quantitative estimate of drug-likeness (QED) is 0.411. The van der Waals surface area contributed by atoms with Crippen LogP contribution in [0.25, 0.3) is 0 Å². The number of alkyl halides is 2. The van der Waals surface area contributed by atoms with E-state index in [4.69, 9.17) is 0 Å². The monoisotopic (exact) mass is 239 g/mol. The smallest absolute Gasteiger partial charge is 0.142 e. The first kappa shape index (κ1) is 11.9. The highest BCUT2D eigenvalue weighted by Gasteiger charge is 2.20. The first-order chi connectivity index (χ1) is 5.63. The van der Waals surface area contributed by atoms with E-state index >= 15 is 0 Å². The van der Waals surface area contributed by atoms with Crippen molar-refractivity contribution < 1.29 is 9.23 Å². The lowest BCUT2D eigenvalue weighted by Gasteiger charge is -2.17. The molecule has 0 rings (SSSR count). The zero-order chi connectivity index (χ0) is 9.56. The maximum absolute atomic E-state index is 13.2. The number of hydrogen-bond donors (Lipinski definition) is 0. The average Bonchev–Trinajstić information content (AvgIpc) is 2.11. The van der Waals surface area contributed by atoms with E-state index in [9.17, 15) is 4.39 Å². The topological polar surface area (TPSA) is 21.6 Å². The summed E-state index contributed by atoms with van der Waals surface area (Å²) in [5, 5.41) is 3.39. The van der Waals surface area contributed by atoms with Gasteiger partial charge in [-0.05, 0) is 6.42 Å². The fourth-order valence-corrected chi connectivity index (χ4v) is 1.12. The summed E-state index contributed by atoms with van der Waals surface area (Å²) in [6.45, 7) is 3.85. The van der Waals surface area contributed by atoms with Crippen LogP contribution in [0.4, 0.5) is 4.39 Å². The molecule has 0 radical (unpaired) electrons. The van der Waals surface area contributed by atoms with Gasteiger partial charge in [0.2, 0.25) is 0 Å². The summed E-state index contributed by atoms with van der Waals surface area (Å²) in [7, 11) is 1.40. The van der Waals surface area contributed by atoms with E-state index < -0.39 is 6.17 Å². The minimum Gasteiger partial charge on any atom is -0.399 e. The molecule has 0 unspecified atom stereocenters. The standard InChI is InChI=1S/C8H15BrFNO/c1-4-7(9)6(2)8(10)5-11-12-3/h5-8H,4H2,1-3H3/t6-,7+,8-/m1/s1. The zero-order valence-corrected chi connectivity index (χ0v) is 9.21. The van der Waals surface area contributed by atoms with Crippen molar-refractivity contribution in [2.75, 3.05) is 7.11 Å². The van der Waals surface area contributed by atoms with Crippen molar-refractivity contribution in [1.29, 1.82) is 0 Å². The Morgan fingerprint density at radius 3 is 2.67 bits per heavy atom. The van der Waals surface area contributed by atoms with Gasteiger partial charge < -0.3 is 4.84 Å². The lowest BCUT2D eigenvalue weighted by atomic mass is 10.0. The molecular formula is C8H15BrFNO. The SMILES string of the molecule is CC[C@H](Br)[C@@H](C)[C@H](F)C=NOC. The maximum Gasteiger partial charge on any atom is 0.142 e. The minimum atomic E-state index is -1.05. The van der Waals surface area contributed by atoms with Crippen molar-refractivity contribution in [2.45, 2.75) is 31.3 Å². The van der Waals surface area contributed by atoms with Gasteiger partial charge in [-0.1, -0.05) is 34.9 Å². The van der Waals surface area contributed by atoms with E-state index in [1.54, 1.807) is 0 Å². The highest BCUT2D eigenvalue weighted by Crippen LogP contribution is 2.20. The van der Waals surface area contributed by atoms with Crippen LogP contribution < -0.4 is 0 Å². The summed E-state index contributed by atoms with van der Waals surface area (Å²) in [6.07, 6.45) is 1.05. The molecule has 0 fully saturated rings. The third kappa shape index (κ3) is 4.04. The molecular weight excluding hydrogens is 225 g/mol.